The van der Waals surface area contributed by atoms with E-state index in [9.17, 15) is 18.0 Å². The molecular formula is C25H25F4N5O3. The third-order valence-electron chi connectivity index (χ3n) is 8.10. The quantitative estimate of drug-likeness (QED) is 0.382. The van der Waals surface area contributed by atoms with Gasteiger partial charge in [0.05, 0.1) is 17.4 Å². The van der Waals surface area contributed by atoms with Crippen LogP contribution in [0.25, 0.3) is 11.2 Å². The van der Waals surface area contributed by atoms with E-state index < -0.39 is 23.8 Å². The first-order valence-electron chi connectivity index (χ1n) is 12.1. The van der Waals surface area contributed by atoms with E-state index >= 15 is 4.39 Å². The molecule has 1 aliphatic heterocycles. The van der Waals surface area contributed by atoms with Crippen LogP contribution in [0.2, 0.25) is 0 Å². The summed E-state index contributed by atoms with van der Waals surface area (Å²) < 4.78 is 61.9. The number of fused-ring (bicyclic) bond motifs is 1. The molecule has 2 aromatic heterocycles. The molecule has 8 nitrogen and oxygen atoms in total. The number of H-pyrrole nitrogens is 1. The van der Waals surface area contributed by atoms with E-state index in [2.05, 4.69) is 14.7 Å². The first kappa shape index (κ1) is 24.0. The van der Waals surface area contributed by atoms with E-state index in [1.807, 2.05) is 0 Å². The van der Waals surface area contributed by atoms with Crippen LogP contribution in [-0.2, 0) is 10.2 Å². The Bertz CT molecular complexity index is 1380. The number of carbonyl (C=O) groups is 1. The highest BCUT2D eigenvalue weighted by atomic mass is 19.4. The van der Waals surface area contributed by atoms with Gasteiger partial charge in [-0.05, 0) is 50.2 Å². The Labute approximate surface area is 209 Å². The van der Waals surface area contributed by atoms with Crippen molar-refractivity contribution in [1.29, 1.82) is 0 Å². The molecule has 4 aliphatic rings. The van der Waals surface area contributed by atoms with Gasteiger partial charge in [0.1, 0.15) is 22.9 Å². The van der Waals surface area contributed by atoms with Crippen molar-refractivity contribution in [1.82, 2.24) is 19.9 Å². The van der Waals surface area contributed by atoms with E-state index in [4.69, 9.17) is 15.5 Å². The normalized spacial score (nSPS) is 25.6. The van der Waals surface area contributed by atoms with E-state index in [0.29, 0.717) is 42.7 Å². The number of aromatic nitrogens is 3. The fourth-order valence-electron chi connectivity index (χ4n) is 6.23. The van der Waals surface area contributed by atoms with Crippen molar-refractivity contribution in [3.05, 3.63) is 47.2 Å². The van der Waals surface area contributed by atoms with Crippen molar-refractivity contribution in [2.24, 2.45) is 0 Å². The minimum absolute atomic E-state index is 0.0467. The number of halogens is 4. The summed E-state index contributed by atoms with van der Waals surface area (Å²) in [6.45, 7) is 0.676. The maximum Gasteiger partial charge on any atom is 0.573 e. The zero-order valence-corrected chi connectivity index (χ0v) is 20.0. The van der Waals surface area contributed by atoms with Crippen LogP contribution in [0.3, 0.4) is 0 Å². The highest BCUT2D eigenvalue weighted by molar-refractivity contribution is 5.99. The molecule has 3 aromatic rings. The summed E-state index contributed by atoms with van der Waals surface area (Å²) in [5.74, 6) is -0.656. The van der Waals surface area contributed by atoms with E-state index in [1.54, 1.807) is 12.0 Å². The number of pyridine rings is 1. The number of likely N-dealkylation sites (tertiary alicyclic amines) is 1. The van der Waals surface area contributed by atoms with Gasteiger partial charge >= 0.3 is 6.36 Å². The molecule has 7 rings (SSSR count). The summed E-state index contributed by atoms with van der Waals surface area (Å²) >= 11 is 0. The second-order valence-corrected chi connectivity index (χ2v) is 10.4. The molecule has 0 unspecified atom stereocenters. The first-order chi connectivity index (χ1) is 17.5. The minimum atomic E-state index is -4.85. The third-order valence-corrected chi connectivity index (χ3v) is 8.10. The number of nitrogens with one attached hydrogen (secondary N) is 1. The number of carbonyl (C=O) groups excluding carboxylic acids is 1. The van der Waals surface area contributed by atoms with Gasteiger partial charge in [0.15, 0.2) is 5.65 Å². The number of rotatable bonds is 5. The maximum atomic E-state index is 15.0. The summed E-state index contributed by atoms with van der Waals surface area (Å²) in [5, 5.41) is 0. The van der Waals surface area contributed by atoms with Gasteiger partial charge in [-0.25, -0.2) is 14.4 Å². The lowest BCUT2D eigenvalue weighted by Crippen LogP contribution is -2.70. The highest BCUT2D eigenvalue weighted by Gasteiger charge is 2.70. The van der Waals surface area contributed by atoms with E-state index in [1.165, 1.54) is 12.3 Å². The van der Waals surface area contributed by atoms with Crippen LogP contribution in [0, 0.1) is 5.82 Å². The van der Waals surface area contributed by atoms with Crippen LogP contribution in [0.15, 0.2) is 24.4 Å². The van der Waals surface area contributed by atoms with Crippen molar-refractivity contribution in [2.75, 3.05) is 25.9 Å². The average Bonchev–Trinajstić information content (AvgIpc) is 3.20. The van der Waals surface area contributed by atoms with Crippen molar-refractivity contribution in [3.63, 3.8) is 0 Å². The second-order valence-electron chi connectivity index (χ2n) is 10.4. The van der Waals surface area contributed by atoms with Crippen molar-refractivity contribution in [2.45, 2.75) is 55.4 Å². The van der Waals surface area contributed by atoms with Crippen molar-refractivity contribution in [3.8, 4) is 5.75 Å². The standard InChI is InChI=1S/C25H25F4N5O3/c1-36-24-10-23(11-24,12-24)22-32-19-18(16(26)9-31-20(19)33-22)13-4-6-34(7-5-13)21(35)15-3-2-14(8-17(15)30)37-25(27,28)29/h2-3,8-9,13H,4-7,10-12,30H2,1H3,(H,31,32,33). The van der Waals surface area contributed by atoms with Crippen LogP contribution in [0.1, 0.15) is 59.8 Å². The SMILES string of the molecule is COC12CC(c3nc4c(C5CCN(C(=O)c6ccc(OC(F)(F)F)cc6N)CC5)c(F)cnc4[nH]3)(C1)C2. The number of nitrogens with two attached hydrogens (primary N) is 1. The van der Waals surface area contributed by atoms with Crippen LogP contribution in [-0.4, -0.2) is 57.9 Å². The average molecular weight is 519 g/mol. The number of hydrogen-bond donors (Lipinski definition) is 2. The molecule has 3 aliphatic carbocycles. The topological polar surface area (TPSA) is 106 Å². The number of ether oxygens (including phenoxy) is 2. The summed E-state index contributed by atoms with van der Waals surface area (Å²) in [6.07, 6.45) is 0.0188. The highest BCUT2D eigenvalue weighted by Crippen LogP contribution is 2.68. The molecule has 3 heterocycles. The van der Waals surface area contributed by atoms with Crippen molar-refractivity contribution >= 4 is 22.8 Å². The van der Waals surface area contributed by atoms with Crippen molar-refractivity contribution < 1.29 is 31.8 Å². The Morgan fingerprint density at radius 1 is 1.22 bits per heavy atom. The molecule has 2 bridgehead atoms. The monoisotopic (exact) mass is 519 g/mol. The van der Waals surface area contributed by atoms with Gasteiger partial charge in [0, 0.05) is 42.9 Å². The molecule has 196 valence electrons. The molecular weight excluding hydrogens is 494 g/mol. The number of aromatic amines is 1. The minimum Gasteiger partial charge on any atom is -0.406 e. The predicted molar refractivity (Wildman–Crippen MR) is 125 cm³/mol. The van der Waals surface area contributed by atoms with E-state index in [-0.39, 0.29) is 28.2 Å². The second kappa shape index (κ2) is 8.04. The largest absolute Gasteiger partial charge is 0.573 e. The number of hydrogen-bond acceptors (Lipinski definition) is 6. The van der Waals surface area contributed by atoms with Gasteiger partial charge in [-0.15, -0.1) is 13.2 Å². The predicted octanol–water partition coefficient (Wildman–Crippen LogP) is 4.42. The smallest absolute Gasteiger partial charge is 0.406 e. The Kier molecular flexibility index (Phi) is 5.21. The fraction of sp³-hybridized carbons (Fsp3) is 0.480. The number of imidazole rings is 1. The maximum absolute atomic E-state index is 15.0. The van der Waals surface area contributed by atoms with E-state index in [0.717, 1.165) is 37.2 Å². The summed E-state index contributed by atoms with van der Waals surface area (Å²) in [7, 11) is 1.72. The lowest BCUT2D eigenvalue weighted by Gasteiger charge is -2.68. The summed E-state index contributed by atoms with van der Waals surface area (Å²) in [5.41, 5.74) is 7.31. The van der Waals surface area contributed by atoms with Gasteiger partial charge in [-0.2, -0.15) is 0 Å². The van der Waals surface area contributed by atoms with Crippen LogP contribution in [0.4, 0.5) is 23.2 Å². The Morgan fingerprint density at radius 2 is 1.92 bits per heavy atom. The zero-order valence-electron chi connectivity index (χ0n) is 20.0. The Morgan fingerprint density at radius 3 is 2.54 bits per heavy atom. The zero-order chi connectivity index (χ0) is 26.2. The lowest BCUT2D eigenvalue weighted by atomic mass is 9.41. The number of alkyl halides is 3. The number of anilines is 1. The number of nitrogens with zero attached hydrogens (tertiary/aromatic N) is 3. The summed E-state index contributed by atoms with van der Waals surface area (Å²) in [6, 6.07) is 3.26. The number of nitrogen functional groups attached to an aromatic ring is 1. The van der Waals surface area contributed by atoms with Gasteiger partial charge in [0.2, 0.25) is 0 Å². The van der Waals surface area contributed by atoms with Crippen LogP contribution >= 0.6 is 0 Å². The third kappa shape index (κ3) is 3.89. The fourth-order valence-corrected chi connectivity index (χ4v) is 6.23. The van der Waals surface area contributed by atoms with Gasteiger partial charge in [-0.1, -0.05) is 0 Å². The molecule has 1 amide bonds. The molecule has 37 heavy (non-hydrogen) atoms. The number of methoxy groups -OCH3 is 1. The molecule has 0 spiro atoms. The van der Waals surface area contributed by atoms with Crippen LogP contribution in [0.5, 0.6) is 5.75 Å². The molecule has 1 aromatic carbocycles. The van der Waals surface area contributed by atoms with Gasteiger partial charge in [0.25, 0.3) is 5.91 Å². The molecule has 3 N–H and O–H groups in total. The number of benzene rings is 1. The molecule has 3 saturated carbocycles. The molecule has 4 fully saturated rings. The Hall–Kier alpha value is -3.41. The summed E-state index contributed by atoms with van der Waals surface area (Å²) in [4.78, 5) is 26.9. The molecule has 12 heteroatoms. The Balaban J connectivity index is 1.17. The van der Waals surface area contributed by atoms with Gasteiger partial charge in [-0.3, -0.25) is 4.79 Å². The number of piperidine rings is 1. The molecule has 0 atom stereocenters. The molecule has 0 radical (unpaired) electrons. The lowest BCUT2D eigenvalue weighted by molar-refractivity contribution is -0.274. The van der Waals surface area contributed by atoms with Gasteiger partial charge < -0.3 is 25.1 Å². The first-order valence-corrected chi connectivity index (χ1v) is 12.1. The molecule has 1 saturated heterocycles. The number of amides is 1. The van der Waals surface area contributed by atoms with Crippen LogP contribution < -0.4 is 10.5 Å².